The molecular formula is C5H6ClIN2O. The predicted molar refractivity (Wildman–Crippen MR) is 51.4 cm³/mol. The van der Waals surface area contributed by atoms with Crippen molar-refractivity contribution < 1.29 is 0 Å². The van der Waals surface area contributed by atoms with E-state index in [-0.39, 0.29) is 23.5 Å². The first-order chi connectivity index (χ1) is 4.22. The van der Waals surface area contributed by atoms with Crippen molar-refractivity contribution in [2.24, 2.45) is 0 Å². The summed E-state index contributed by atoms with van der Waals surface area (Å²) in [5.74, 6) is 0. The van der Waals surface area contributed by atoms with E-state index in [0.717, 1.165) is 0 Å². The van der Waals surface area contributed by atoms with Gasteiger partial charge in [-0.15, -0.1) is 12.4 Å². The number of nitrogens with one attached hydrogen (secondary N) is 1. The van der Waals surface area contributed by atoms with Crippen LogP contribution in [-0.4, -0.2) is 4.98 Å². The van der Waals surface area contributed by atoms with Gasteiger partial charge in [0.2, 0.25) is 5.43 Å². The van der Waals surface area contributed by atoms with E-state index in [2.05, 4.69) is 4.98 Å². The van der Waals surface area contributed by atoms with Crippen molar-refractivity contribution in [1.29, 1.82) is 0 Å². The van der Waals surface area contributed by atoms with Gasteiger partial charge < -0.3 is 10.7 Å². The fourth-order valence-electron chi connectivity index (χ4n) is 0.474. The zero-order chi connectivity index (χ0) is 6.85. The Hall–Kier alpha value is -0.230. The topological polar surface area (TPSA) is 58.9 Å². The van der Waals surface area contributed by atoms with Crippen LogP contribution in [-0.2, 0) is 0 Å². The largest absolute Gasteiger partial charge is 0.394 e. The number of nitrogen functional groups attached to an aromatic ring is 1. The number of pyridine rings is 1. The Balaban J connectivity index is 0.000000810. The van der Waals surface area contributed by atoms with Crippen LogP contribution in [0.3, 0.4) is 0 Å². The number of nitrogens with two attached hydrogens (primary N) is 1. The zero-order valence-corrected chi connectivity index (χ0v) is 7.90. The highest BCUT2D eigenvalue weighted by Crippen LogP contribution is 1.96. The molecule has 0 unspecified atom stereocenters. The monoisotopic (exact) mass is 272 g/mol. The van der Waals surface area contributed by atoms with Gasteiger partial charge in [0, 0.05) is 12.4 Å². The van der Waals surface area contributed by atoms with Gasteiger partial charge in [-0.2, -0.15) is 0 Å². The average Bonchev–Trinajstić information content (AvgIpc) is 1.83. The van der Waals surface area contributed by atoms with E-state index < -0.39 is 0 Å². The van der Waals surface area contributed by atoms with Crippen LogP contribution in [0.1, 0.15) is 0 Å². The number of hydrogen-bond acceptors (Lipinski definition) is 2. The van der Waals surface area contributed by atoms with E-state index in [9.17, 15) is 4.79 Å². The molecule has 1 aromatic rings. The molecule has 1 heterocycles. The Morgan fingerprint density at radius 1 is 1.50 bits per heavy atom. The molecule has 5 heteroatoms. The SMILES string of the molecule is Cl.Nc1c[nH]cc(I)c1=O. The summed E-state index contributed by atoms with van der Waals surface area (Å²) in [5, 5.41) is 0. The Kier molecular flexibility index (Phi) is 3.73. The summed E-state index contributed by atoms with van der Waals surface area (Å²) in [6.07, 6.45) is 3.09. The molecule has 0 bridgehead atoms. The van der Waals surface area contributed by atoms with Crippen molar-refractivity contribution in [3.05, 3.63) is 26.2 Å². The molecule has 3 N–H and O–H groups in total. The molecule has 0 saturated heterocycles. The second kappa shape index (κ2) is 3.82. The third kappa shape index (κ3) is 1.88. The average molecular weight is 272 g/mol. The number of H-pyrrole nitrogens is 1. The Morgan fingerprint density at radius 2 is 2.10 bits per heavy atom. The van der Waals surface area contributed by atoms with Crippen LogP contribution in [0, 0.1) is 3.57 Å². The molecule has 56 valence electrons. The highest BCUT2D eigenvalue weighted by molar-refractivity contribution is 14.1. The van der Waals surface area contributed by atoms with E-state index in [1.54, 1.807) is 6.20 Å². The maximum atomic E-state index is 10.8. The molecule has 0 amide bonds. The van der Waals surface area contributed by atoms with Crippen molar-refractivity contribution in [2.45, 2.75) is 0 Å². The second-order valence-electron chi connectivity index (χ2n) is 1.59. The molecule has 0 radical (unpaired) electrons. The first kappa shape index (κ1) is 9.77. The third-order valence-corrected chi connectivity index (χ3v) is 1.73. The molecular weight excluding hydrogens is 266 g/mol. The van der Waals surface area contributed by atoms with Crippen molar-refractivity contribution in [3.63, 3.8) is 0 Å². The quantitative estimate of drug-likeness (QED) is 0.692. The smallest absolute Gasteiger partial charge is 0.217 e. The van der Waals surface area contributed by atoms with Crippen LogP contribution in [0.25, 0.3) is 0 Å². The molecule has 0 aliphatic carbocycles. The fraction of sp³-hybridized carbons (Fsp3) is 0. The number of aromatic nitrogens is 1. The summed E-state index contributed by atoms with van der Waals surface area (Å²) in [5.41, 5.74) is 5.44. The van der Waals surface area contributed by atoms with E-state index in [1.165, 1.54) is 6.20 Å². The minimum atomic E-state index is -0.102. The number of halogens is 2. The summed E-state index contributed by atoms with van der Waals surface area (Å²) >= 11 is 1.93. The van der Waals surface area contributed by atoms with Gasteiger partial charge in [0.05, 0.1) is 9.26 Å². The van der Waals surface area contributed by atoms with Crippen molar-refractivity contribution in [3.8, 4) is 0 Å². The molecule has 0 aromatic carbocycles. The molecule has 0 atom stereocenters. The molecule has 1 rings (SSSR count). The van der Waals surface area contributed by atoms with Gasteiger partial charge in [-0.25, -0.2) is 0 Å². The van der Waals surface area contributed by atoms with Gasteiger partial charge in [-0.1, -0.05) is 0 Å². The summed E-state index contributed by atoms with van der Waals surface area (Å²) < 4.78 is 0.618. The molecule has 3 nitrogen and oxygen atoms in total. The van der Waals surface area contributed by atoms with Crippen molar-refractivity contribution in [2.75, 3.05) is 5.73 Å². The van der Waals surface area contributed by atoms with Crippen LogP contribution in [0.2, 0.25) is 0 Å². The minimum absolute atomic E-state index is 0. The Morgan fingerprint density at radius 3 is 2.50 bits per heavy atom. The number of anilines is 1. The number of hydrogen-bond donors (Lipinski definition) is 2. The van der Waals surface area contributed by atoms with Crippen LogP contribution in [0.4, 0.5) is 5.69 Å². The normalized spacial score (nSPS) is 8.50. The minimum Gasteiger partial charge on any atom is -0.394 e. The first-order valence-corrected chi connectivity index (χ1v) is 3.42. The van der Waals surface area contributed by atoms with E-state index in [0.29, 0.717) is 3.57 Å². The molecule has 0 spiro atoms. The van der Waals surface area contributed by atoms with Crippen LogP contribution in [0.5, 0.6) is 0 Å². The van der Waals surface area contributed by atoms with Crippen LogP contribution >= 0.6 is 35.0 Å². The lowest BCUT2D eigenvalue weighted by atomic mass is 10.4. The Bertz CT molecular complexity index is 249. The highest BCUT2D eigenvalue weighted by Gasteiger charge is 1.95. The van der Waals surface area contributed by atoms with Crippen LogP contribution in [0.15, 0.2) is 17.2 Å². The number of aromatic amines is 1. The zero-order valence-electron chi connectivity index (χ0n) is 4.93. The van der Waals surface area contributed by atoms with Crippen molar-refractivity contribution >= 4 is 40.7 Å². The lowest BCUT2D eigenvalue weighted by Crippen LogP contribution is -2.10. The second-order valence-corrected chi connectivity index (χ2v) is 2.75. The number of rotatable bonds is 0. The summed E-state index contributed by atoms with van der Waals surface area (Å²) in [6.45, 7) is 0. The van der Waals surface area contributed by atoms with Gasteiger partial charge in [-0.05, 0) is 22.6 Å². The van der Waals surface area contributed by atoms with E-state index in [1.807, 2.05) is 22.6 Å². The predicted octanol–water partition coefficient (Wildman–Crippen LogP) is 0.984. The molecule has 0 saturated carbocycles. The van der Waals surface area contributed by atoms with Gasteiger partial charge in [0.15, 0.2) is 0 Å². The summed E-state index contributed by atoms with van der Waals surface area (Å²) in [7, 11) is 0. The van der Waals surface area contributed by atoms with E-state index >= 15 is 0 Å². The fourth-order valence-corrected chi connectivity index (χ4v) is 0.965. The summed E-state index contributed by atoms with van der Waals surface area (Å²) in [4.78, 5) is 13.6. The molecule has 1 aromatic heterocycles. The maximum absolute atomic E-state index is 10.8. The molecule has 0 aliphatic rings. The molecule has 0 fully saturated rings. The van der Waals surface area contributed by atoms with Gasteiger partial charge in [0.25, 0.3) is 0 Å². The van der Waals surface area contributed by atoms with Crippen molar-refractivity contribution in [1.82, 2.24) is 4.98 Å². The highest BCUT2D eigenvalue weighted by atomic mass is 127. The first-order valence-electron chi connectivity index (χ1n) is 2.34. The maximum Gasteiger partial charge on any atom is 0.217 e. The lowest BCUT2D eigenvalue weighted by Gasteiger charge is -1.89. The standard InChI is InChI=1S/C5H5IN2O.ClH/c6-3-1-8-2-4(7)5(3)9;/h1-2H,7H2,(H,8,9);1H. The van der Waals surface area contributed by atoms with Gasteiger partial charge in [0.1, 0.15) is 0 Å². The van der Waals surface area contributed by atoms with Gasteiger partial charge >= 0.3 is 0 Å². The lowest BCUT2D eigenvalue weighted by molar-refractivity contribution is 1.28. The van der Waals surface area contributed by atoms with Crippen LogP contribution < -0.4 is 11.2 Å². The van der Waals surface area contributed by atoms with E-state index in [4.69, 9.17) is 5.73 Å². The Labute approximate surface area is 77.6 Å². The summed E-state index contributed by atoms with van der Waals surface area (Å²) in [6, 6.07) is 0. The molecule has 0 aliphatic heterocycles. The molecule has 10 heavy (non-hydrogen) atoms. The third-order valence-electron chi connectivity index (χ3n) is 0.928. The van der Waals surface area contributed by atoms with Gasteiger partial charge in [-0.3, -0.25) is 4.79 Å².